The smallest absolute Gasteiger partial charge is 0.253 e. The van der Waals surface area contributed by atoms with E-state index in [0.717, 1.165) is 5.56 Å². The average molecular weight is 364 g/mol. The zero-order valence-corrected chi connectivity index (χ0v) is 13.9. The summed E-state index contributed by atoms with van der Waals surface area (Å²) in [4.78, 5) is 16.0. The molecule has 1 atom stereocenters. The van der Waals surface area contributed by atoms with E-state index in [-0.39, 0.29) is 22.1 Å². The number of amides is 1. The largest absolute Gasteiger partial charge is 0.345 e. The second-order valence-electron chi connectivity index (χ2n) is 4.37. The van der Waals surface area contributed by atoms with Crippen LogP contribution in [0.15, 0.2) is 30.5 Å². The van der Waals surface area contributed by atoms with E-state index < -0.39 is 0 Å². The summed E-state index contributed by atoms with van der Waals surface area (Å²) in [5, 5.41) is 4.11. The molecule has 1 aromatic heterocycles. The number of carbonyl (C=O) groups is 1. The van der Waals surface area contributed by atoms with Crippen LogP contribution in [0.2, 0.25) is 20.2 Å². The van der Waals surface area contributed by atoms with E-state index in [9.17, 15) is 4.79 Å². The normalized spacial score (nSPS) is 12.0. The summed E-state index contributed by atoms with van der Waals surface area (Å²) < 4.78 is 0. The van der Waals surface area contributed by atoms with Gasteiger partial charge in [-0.05, 0) is 30.7 Å². The number of rotatable bonds is 3. The Morgan fingerprint density at radius 2 is 1.81 bits per heavy atom. The number of benzene rings is 1. The quantitative estimate of drug-likeness (QED) is 0.762. The van der Waals surface area contributed by atoms with Crippen LogP contribution < -0.4 is 5.32 Å². The van der Waals surface area contributed by atoms with E-state index in [0.29, 0.717) is 15.6 Å². The first-order valence-corrected chi connectivity index (χ1v) is 7.46. The summed E-state index contributed by atoms with van der Waals surface area (Å²) in [5.41, 5.74) is 1.17. The predicted molar refractivity (Wildman–Crippen MR) is 86.6 cm³/mol. The van der Waals surface area contributed by atoms with Crippen LogP contribution in [0.5, 0.6) is 0 Å². The molecule has 1 N–H and O–H groups in total. The second kappa shape index (κ2) is 6.84. The first-order chi connectivity index (χ1) is 9.88. The molecule has 3 nitrogen and oxygen atoms in total. The monoisotopic (exact) mass is 362 g/mol. The zero-order chi connectivity index (χ0) is 15.6. The Hall–Kier alpha value is -1.000. The van der Waals surface area contributed by atoms with Crippen LogP contribution >= 0.6 is 46.4 Å². The lowest BCUT2D eigenvalue weighted by Gasteiger charge is -2.15. The van der Waals surface area contributed by atoms with Crippen LogP contribution in [-0.2, 0) is 0 Å². The van der Waals surface area contributed by atoms with Gasteiger partial charge in [0.05, 0.1) is 26.7 Å². The molecular formula is C14H10Cl4N2O. The predicted octanol–water partition coefficient (Wildman–Crippen LogP) is 5.19. The average Bonchev–Trinajstić information content (AvgIpc) is 2.44. The van der Waals surface area contributed by atoms with Gasteiger partial charge in [-0.3, -0.25) is 4.79 Å². The van der Waals surface area contributed by atoms with Crippen LogP contribution in [0.4, 0.5) is 0 Å². The summed E-state index contributed by atoms with van der Waals surface area (Å²) in [7, 11) is 0. The summed E-state index contributed by atoms with van der Waals surface area (Å²) in [5.74, 6) is -0.306. The van der Waals surface area contributed by atoms with Crippen molar-refractivity contribution in [3.05, 3.63) is 61.8 Å². The van der Waals surface area contributed by atoms with Crippen molar-refractivity contribution in [1.29, 1.82) is 0 Å². The molecule has 0 saturated heterocycles. The molecule has 2 aromatic rings. The summed E-state index contributed by atoms with van der Waals surface area (Å²) in [6.07, 6.45) is 1.37. The van der Waals surface area contributed by atoms with Crippen molar-refractivity contribution in [2.75, 3.05) is 0 Å². The molecular weight excluding hydrogens is 354 g/mol. The highest BCUT2D eigenvalue weighted by Gasteiger charge is 2.14. The highest BCUT2D eigenvalue weighted by atomic mass is 35.5. The molecule has 21 heavy (non-hydrogen) atoms. The minimum Gasteiger partial charge on any atom is -0.345 e. The van der Waals surface area contributed by atoms with Crippen LogP contribution in [0.1, 0.15) is 28.9 Å². The van der Waals surface area contributed by atoms with Gasteiger partial charge in [0.2, 0.25) is 0 Å². The summed E-state index contributed by atoms with van der Waals surface area (Å²) in [6.45, 7) is 1.84. The number of nitrogens with one attached hydrogen (secondary N) is 1. The summed E-state index contributed by atoms with van der Waals surface area (Å²) in [6, 6.07) is 6.41. The number of carbonyl (C=O) groups excluding carboxylic acids is 1. The van der Waals surface area contributed by atoms with E-state index in [4.69, 9.17) is 46.4 Å². The third-order valence-corrected chi connectivity index (χ3v) is 4.27. The molecule has 0 saturated carbocycles. The molecule has 0 fully saturated rings. The van der Waals surface area contributed by atoms with Gasteiger partial charge in [-0.1, -0.05) is 52.5 Å². The molecule has 0 aliphatic carbocycles. The Bertz CT molecular complexity index is 691. The minimum absolute atomic E-state index is 0.158. The van der Waals surface area contributed by atoms with Crippen molar-refractivity contribution in [3.8, 4) is 0 Å². The molecule has 0 radical (unpaired) electrons. The lowest BCUT2D eigenvalue weighted by molar-refractivity contribution is 0.0939. The van der Waals surface area contributed by atoms with Crippen LogP contribution in [0.25, 0.3) is 0 Å². The van der Waals surface area contributed by atoms with Crippen molar-refractivity contribution in [2.24, 2.45) is 0 Å². The lowest BCUT2D eigenvalue weighted by Crippen LogP contribution is -2.26. The van der Waals surface area contributed by atoms with E-state index >= 15 is 0 Å². The molecule has 0 aliphatic heterocycles. The van der Waals surface area contributed by atoms with Gasteiger partial charge >= 0.3 is 0 Å². The van der Waals surface area contributed by atoms with E-state index in [1.165, 1.54) is 12.3 Å². The van der Waals surface area contributed by atoms with Gasteiger partial charge in [-0.25, -0.2) is 4.98 Å². The molecule has 1 aromatic carbocycles. The number of halogens is 4. The third kappa shape index (κ3) is 4.01. The number of hydrogen-bond donors (Lipinski definition) is 1. The topological polar surface area (TPSA) is 42.0 Å². The summed E-state index contributed by atoms with van der Waals surface area (Å²) >= 11 is 23.4. The Kier molecular flexibility index (Phi) is 5.33. The van der Waals surface area contributed by atoms with Gasteiger partial charge in [0.15, 0.2) is 0 Å². The molecule has 1 heterocycles. The Labute approximate surface area is 142 Å². The number of aromatic nitrogens is 1. The van der Waals surface area contributed by atoms with Crippen LogP contribution in [0.3, 0.4) is 0 Å². The highest BCUT2D eigenvalue weighted by molar-refractivity contribution is 6.42. The zero-order valence-electron chi connectivity index (χ0n) is 10.8. The van der Waals surface area contributed by atoms with E-state index in [1.807, 2.05) is 6.92 Å². The Balaban J connectivity index is 2.14. The first-order valence-electron chi connectivity index (χ1n) is 5.95. The highest BCUT2D eigenvalue weighted by Crippen LogP contribution is 2.26. The second-order valence-corrected chi connectivity index (χ2v) is 5.94. The molecule has 0 spiro atoms. The fourth-order valence-electron chi connectivity index (χ4n) is 1.69. The molecule has 1 amide bonds. The van der Waals surface area contributed by atoms with Gasteiger partial charge < -0.3 is 5.32 Å². The van der Waals surface area contributed by atoms with Gasteiger partial charge in [-0.2, -0.15) is 0 Å². The molecule has 7 heteroatoms. The maximum Gasteiger partial charge on any atom is 0.253 e. The third-order valence-electron chi connectivity index (χ3n) is 2.85. The fraction of sp³-hybridized carbons (Fsp3) is 0.143. The minimum atomic E-state index is -0.306. The maximum absolute atomic E-state index is 12.1. The lowest BCUT2D eigenvalue weighted by atomic mass is 10.1. The van der Waals surface area contributed by atoms with Gasteiger partial charge in [-0.15, -0.1) is 0 Å². The van der Waals surface area contributed by atoms with Gasteiger partial charge in [0.25, 0.3) is 5.91 Å². The number of hydrogen-bond acceptors (Lipinski definition) is 2. The molecule has 0 bridgehead atoms. The van der Waals surface area contributed by atoms with Crippen molar-refractivity contribution in [1.82, 2.24) is 10.3 Å². The van der Waals surface area contributed by atoms with Crippen molar-refractivity contribution in [2.45, 2.75) is 13.0 Å². The first kappa shape index (κ1) is 16.4. The molecule has 2 rings (SSSR count). The number of pyridine rings is 1. The van der Waals surface area contributed by atoms with Crippen molar-refractivity contribution >= 4 is 52.3 Å². The SMILES string of the molecule is CC(NC(=O)c1cnc(Cl)c(Cl)c1)c1ccc(Cl)c(Cl)c1. The van der Waals surface area contributed by atoms with Crippen LogP contribution in [-0.4, -0.2) is 10.9 Å². The maximum atomic E-state index is 12.1. The van der Waals surface area contributed by atoms with Crippen molar-refractivity contribution in [3.63, 3.8) is 0 Å². The Morgan fingerprint density at radius 1 is 1.10 bits per heavy atom. The standard InChI is InChI=1S/C14H10Cl4N2O/c1-7(8-2-3-10(15)11(16)4-8)20-14(21)9-5-12(17)13(18)19-6-9/h2-7H,1H3,(H,20,21). The molecule has 0 aliphatic rings. The van der Waals surface area contributed by atoms with Gasteiger partial charge in [0, 0.05) is 6.20 Å². The van der Waals surface area contributed by atoms with Gasteiger partial charge in [0.1, 0.15) is 5.15 Å². The molecule has 110 valence electrons. The van der Waals surface area contributed by atoms with E-state index in [1.54, 1.807) is 18.2 Å². The fourth-order valence-corrected chi connectivity index (χ4v) is 2.27. The van der Waals surface area contributed by atoms with Crippen molar-refractivity contribution < 1.29 is 4.79 Å². The number of nitrogens with zero attached hydrogens (tertiary/aromatic N) is 1. The Morgan fingerprint density at radius 3 is 2.43 bits per heavy atom. The van der Waals surface area contributed by atoms with Crippen LogP contribution in [0, 0.1) is 0 Å². The molecule has 1 unspecified atom stereocenters. The van der Waals surface area contributed by atoms with E-state index in [2.05, 4.69) is 10.3 Å².